The van der Waals surface area contributed by atoms with Gasteiger partial charge in [-0.25, -0.2) is 23.4 Å². The van der Waals surface area contributed by atoms with Crippen LogP contribution in [0.1, 0.15) is 69.2 Å². The van der Waals surface area contributed by atoms with E-state index in [4.69, 9.17) is 21.2 Å². The van der Waals surface area contributed by atoms with Crippen molar-refractivity contribution in [3.63, 3.8) is 0 Å². The van der Waals surface area contributed by atoms with Gasteiger partial charge >= 0.3 is 5.97 Å². The number of carbonyl (C=O) groups excluding carboxylic acids is 3. The van der Waals surface area contributed by atoms with E-state index >= 15 is 0 Å². The summed E-state index contributed by atoms with van der Waals surface area (Å²) in [5.74, 6) is -2.21. The molecular formula is C30H34ClN3O7S2. The summed E-state index contributed by atoms with van der Waals surface area (Å²) in [6.07, 6.45) is 10.0. The molecule has 0 saturated heterocycles. The third-order valence-corrected chi connectivity index (χ3v) is 10.1. The molecule has 1 aliphatic heterocycles. The Balaban J connectivity index is 1.49. The Morgan fingerprint density at radius 1 is 1.19 bits per heavy atom. The first-order chi connectivity index (χ1) is 20.6. The number of carbonyl (C=O) groups is 3. The summed E-state index contributed by atoms with van der Waals surface area (Å²) in [7, 11) is -2.25. The number of esters is 1. The average molecular weight is 648 g/mol. The monoisotopic (exact) mass is 647 g/mol. The molecule has 2 N–H and O–H groups in total. The molecule has 2 heterocycles. The number of thiophene rings is 1. The van der Waals surface area contributed by atoms with E-state index in [1.807, 2.05) is 12.2 Å². The minimum atomic E-state index is -3.55. The number of benzene rings is 1. The highest BCUT2D eigenvalue weighted by molar-refractivity contribution is 7.88. The molecule has 1 fully saturated rings. The van der Waals surface area contributed by atoms with Crippen LogP contribution in [-0.4, -0.2) is 62.6 Å². The van der Waals surface area contributed by atoms with Gasteiger partial charge in [-0.3, -0.25) is 14.4 Å². The Morgan fingerprint density at radius 2 is 1.95 bits per heavy atom. The van der Waals surface area contributed by atoms with Crippen LogP contribution in [-0.2, 0) is 31.0 Å². The van der Waals surface area contributed by atoms with E-state index in [2.05, 4.69) is 10.2 Å². The number of nitrogens with zero attached hydrogens (tertiary/aromatic N) is 1. The second kappa shape index (κ2) is 13.3. The number of methoxy groups -OCH3 is 1. The summed E-state index contributed by atoms with van der Waals surface area (Å²) in [4.78, 5) is 48.2. The van der Waals surface area contributed by atoms with Crippen LogP contribution < -0.4 is 10.2 Å². The number of halogens is 1. The Morgan fingerprint density at radius 3 is 2.67 bits per heavy atom. The van der Waals surface area contributed by atoms with Crippen LogP contribution in [0.3, 0.4) is 0 Å². The van der Waals surface area contributed by atoms with Gasteiger partial charge in [-0.15, -0.1) is 11.3 Å². The van der Waals surface area contributed by atoms with Crippen LogP contribution in [0, 0.1) is 5.92 Å². The first-order valence-electron chi connectivity index (χ1n) is 14.1. The number of allylic oxidation sites excluding steroid dienone is 3. The van der Waals surface area contributed by atoms with E-state index in [1.165, 1.54) is 18.4 Å². The van der Waals surface area contributed by atoms with E-state index in [1.54, 1.807) is 46.7 Å². The topological polar surface area (TPSA) is 131 Å². The lowest BCUT2D eigenvalue weighted by Gasteiger charge is -2.51. The zero-order valence-electron chi connectivity index (χ0n) is 23.8. The molecule has 2 aliphatic carbocycles. The maximum atomic E-state index is 14.3. The first kappa shape index (κ1) is 31.4. The number of rotatable bonds is 9. The highest BCUT2D eigenvalue weighted by atomic mass is 35.5. The normalized spacial score (nSPS) is 25.6. The molecule has 230 valence electrons. The Bertz CT molecular complexity index is 1550. The largest absolute Gasteiger partial charge is 0.465 e. The lowest BCUT2D eigenvalue weighted by Crippen LogP contribution is -2.63. The van der Waals surface area contributed by atoms with Crippen molar-refractivity contribution in [2.24, 2.45) is 5.92 Å². The molecule has 5 atom stereocenters. The predicted molar refractivity (Wildman–Crippen MR) is 163 cm³/mol. The molecule has 43 heavy (non-hydrogen) atoms. The van der Waals surface area contributed by atoms with Crippen molar-refractivity contribution in [2.75, 3.05) is 13.4 Å². The summed E-state index contributed by atoms with van der Waals surface area (Å²) < 4.78 is 32.2. The molecule has 10 nitrogen and oxygen atoms in total. The lowest BCUT2D eigenvalue weighted by atomic mass is 9.73. The van der Waals surface area contributed by atoms with Gasteiger partial charge in [0.2, 0.25) is 10.0 Å². The van der Waals surface area contributed by atoms with Gasteiger partial charge in [-0.2, -0.15) is 0 Å². The predicted octanol–water partition coefficient (Wildman–Crippen LogP) is 4.25. The van der Waals surface area contributed by atoms with Gasteiger partial charge < -0.3 is 9.64 Å². The molecular weight excluding hydrogens is 614 g/mol. The Kier molecular flexibility index (Phi) is 9.72. The molecule has 0 radical (unpaired) electrons. The van der Waals surface area contributed by atoms with E-state index in [-0.39, 0.29) is 18.4 Å². The number of sulfonamides is 1. The smallest absolute Gasteiger partial charge is 0.338 e. The standard InChI is InChI=1S/C30H34ClN3O7S2/c1-40-30(37)19-15-21(42-17-19)16-41-32-28(35)26-22-7-3-4-8-23(22)29(36)34(27(26)18-11-13-20(31)14-12-18)25-10-6-5-9-24(25)33-43(2,38)39/h3-4,7-8,11,13-15,17-18,24-27,33H,5-6,9-10,12,16H2,1-2H3,(H,32,35)/t18-,24-,25-,26+,27?/m1/s1. The minimum absolute atomic E-state index is 0.0275. The second-order valence-electron chi connectivity index (χ2n) is 11.0. The van der Waals surface area contributed by atoms with E-state index in [0.29, 0.717) is 45.9 Å². The van der Waals surface area contributed by atoms with Crippen molar-refractivity contribution in [1.29, 1.82) is 0 Å². The van der Waals surface area contributed by atoms with Crippen molar-refractivity contribution in [1.82, 2.24) is 15.1 Å². The lowest BCUT2D eigenvalue weighted by molar-refractivity contribution is -0.138. The summed E-state index contributed by atoms with van der Waals surface area (Å²) >= 11 is 7.56. The van der Waals surface area contributed by atoms with Gasteiger partial charge in [0.1, 0.15) is 6.61 Å². The zero-order chi connectivity index (χ0) is 30.7. The second-order valence-corrected chi connectivity index (χ2v) is 14.2. The van der Waals surface area contributed by atoms with Gasteiger partial charge in [-0.05, 0) is 43.0 Å². The van der Waals surface area contributed by atoms with Crippen LogP contribution in [0.5, 0.6) is 0 Å². The number of hydroxylamine groups is 1. The van der Waals surface area contributed by atoms with Crippen molar-refractivity contribution < 1.29 is 32.4 Å². The van der Waals surface area contributed by atoms with Crippen LogP contribution in [0.4, 0.5) is 0 Å². The molecule has 3 aliphatic rings. The maximum absolute atomic E-state index is 14.3. The summed E-state index contributed by atoms with van der Waals surface area (Å²) in [6.45, 7) is 0.0275. The number of hydrogen-bond donors (Lipinski definition) is 2. The van der Waals surface area contributed by atoms with Gasteiger partial charge in [0.05, 0.1) is 30.9 Å². The maximum Gasteiger partial charge on any atom is 0.338 e. The molecule has 2 aromatic rings. The van der Waals surface area contributed by atoms with E-state index < -0.39 is 45.9 Å². The number of nitrogens with one attached hydrogen (secondary N) is 2. The third-order valence-electron chi connectivity index (χ3n) is 8.15. The van der Waals surface area contributed by atoms with Gasteiger partial charge in [0.25, 0.3) is 11.8 Å². The SMILES string of the molecule is COC(=O)c1csc(CONC(=O)[C@H]2c3ccccc3C(=O)N([C@@H]3CCCC[C@H]3NS(C)(=O)=O)C2[C@@H]2C=CC(Cl)=CC2)c1. The fourth-order valence-corrected chi connectivity index (χ4v) is 8.10. The number of hydrogen-bond acceptors (Lipinski definition) is 8. The molecule has 13 heteroatoms. The van der Waals surface area contributed by atoms with Crippen molar-refractivity contribution >= 4 is 50.7 Å². The Hall–Kier alpha value is -3.03. The number of amides is 2. The quantitative estimate of drug-likeness (QED) is 0.307. The van der Waals surface area contributed by atoms with Crippen molar-refractivity contribution in [3.05, 3.63) is 80.5 Å². The fraction of sp³-hybridized carbons (Fsp3) is 0.433. The van der Waals surface area contributed by atoms with E-state index in [9.17, 15) is 22.8 Å². The molecule has 0 spiro atoms. The van der Waals surface area contributed by atoms with E-state index in [0.717, 1.165) is 19.1 Å². The van der Waals surface area contributed by atoms with Crippen LogP contribution in [0.2, 0.25) is 0 Å². The van der Waals surface area contributed by atoms with Gasteiger partial charge in [0.15, 0.2) is 0 Å². The van der Waals surface area contributed by atoms with Gasteiger partial charge in [-0.1, -0.05) is 54.8 Å². The number of ether oxygens (including phenoxy) is 1. The highest BCUT2D eigenvalue weighted by Crippen LogP contribution is 2.43. The summed E-state index contributed by atoms with van der Waals surface area (Å²) in [5.41, 5.74) is 3.97. The van der Waals surface area contributed by atoms with Crippen LogP contribution in [0.15, 0.2) is 59.0 Å². The highest BCUT2D eigenvalue weighted by Gasteiger charge is 2.50. The van der Waals surface area contributed by atoms with Crippen molar-refractivity contribution in [2.45, 2.75) is 62.8 Å². The Labute approximate surface area is 260 Å². The van der Waals surface area contributed by atoms with Crippen molar-refractivity contribution in [3.8, 4) is 0 Å². The summed E-state index contributed by atoms with van der Waals surface area (Å²) in [6, 6.07) is 7.10. The molecule has 1 saturated carbocycles. The molecule has 5 rings (SSSR count). The molecule has 1 aromatic carbocycles. The molecule has 0 bridgehead atoms. The van der Waals surface area contributed by atoms with Gasteiger partial charge in [0, 0.05) is 38.9 Å². The molecule has 2 amide bonds. The molecule has 1 aromatic heterocycles. The third kappa shape index (κ3) is 7.04. The number of fused-ring (bicyclic) bond motifs is 1. The first-order valence-corrected chi connectivity index (χ1v) is 17.2. The summed E-state index contributed by atoms with van der Waals surface area (Å²) in [5, 5.41) is 2.23. The zero-order valence-corrected chi connectivity index (χ0v) is 26.2. The van der Waals surface area contributed by atoms with Crippen LogP contribution in [0.25, 0.3) is 0 Å². The average Bonchev–Trinajstić information content (AvgIpc) is 3.46. The minimum Gasteiger partial charge on any atom is -0.465 e. The van der Waals surface area contributed by atoms with Crippen LogP contribution >= 0.6 is 22.9 Å². The molecule has 1 unspecified atom stereocenters. The fourth-order valence-electron chi connectivity index (χ4n) is 6.35.